The normalized spacial score (nSPS) is 18.3. The zero-order chi connectivity index (χ0) is 12.8. The highest BCUT2D eigenvalue weighted by Gasteiger charge is 2.19. The Morgan fingerprint density at radius 2 is 2.28 bits per heavy atom. The fourth-order valence-electron chi connectivity index (χ4n) is 2.64. The maximum atomic E-state index is 4.42. The van der Waals surface area contributed by atoms with Crippen molar-refractivity contribution in [3.05, 3.63) is 18.0 Å². The number of hydrogen-bond acceptors (Lipinski definition) is 3. The van der Waals surface area contributed by atoms with E-state index < -0.39 is 0 Å². The summed E-state index contributed by atoms with van der Waals surface area (Å²) in [4.78, 5) is 0. The van der Waals surface area contributed by atoms with Gasteiger partial charge in [-0.15, -0.1) is 0 Å². The van der Waals surface area contributed by atoms with Crippen molar-refractivity contribution in [3.63, 3.8) is 0 Å². The Morgan fingerprint density at radius 3 is 2.94 bits per heavy atom. The smallest absolute Gasteiger partial charge is 0.0581 e. The van der Waals surface area contributed by atoms with Gasteiger partial charge in [0.25, 0.3) is 0 Å². The molecule has 1 saturated carbocycles. The molecule has 1 unspecified atom stereocenters. The average molecular weight is 267 g/mol. The van der Waals surface area contributed by atoms with Crippen molar-refractivity contribution in [2.45, 2.75) is 56.9 Å². The highest BCUT2D eigenvalue weighted by atomic mass is 32.2. The first kappa shape index (κ1) is 13.9. The minimum atomic E-state index is 0.435. The highest BCUT2D eigenvalue weighted by molar-refractivity contribution is 7.99. The van der Waals surface area contributed by atoms with Crippen LogP contribution >= 0.6 is 11.8 Å². The molecule has 1 aliphatic carbocycles. The van der Waals surface area contributed by atoms with Crippen molar-refractivity contribution in [3.8, 4) is 0 Å². The molecule has 1 fully saturated rings. The number of rotatable bonds is 7. The van der Waals surface area contributed by atoms with Crippen LogP contribution in [0.4, 0.5) is 0 Å². The second kappa shape index (κ2) is 7.19. The van der Waals surface area contributed by atoms with E-state index in [-0.39, 0.29) is 0 Å². The molecule has 0 spiro atoms. The lowest BCUT2D eigenvalue weighted by atomic mass is 10.2. The standard InChI is InChI=1S/C14H25N3S/c1-3-10-17-14(8-9-16-17)13(15-2)11-18-12-6-4-5-7-12/h8-9,12-13,15H,3-7,10-11H2,1-2H3. The molecule has 0 saturated heterocycles. The van der Waals surface area contributed by atoms with Gasteiger partial charge in [-0.25, -0.2) is 0 Å². The lowest BCUT2D eigenvalue weighted by Gasteiger charge is -2.19. The Hall–Kier alpha value is -0.480. The lowest BCUT2D eigenvalue weighted by Crippen LogP contribution is -2.23. The van der Waals surface area contributed by atoms with Crippen LogP contribution in [-0.4, -0.2) is 27.8 Å². The summed E-state index contributed by atoms with van der Waals surface area (Å²) in [5.74, 6) is 1.16. The maximum Gasteiger partial charge on any atom is 0.0581 e. The first-order valence-electron chi connectivity index (χ1n) is 7.15. The van der Waals surface area contributed by atoms with Gasteiger partial charge in [-0.3, -0.25) is 4.68 Å². The fraction of sp³-hybridized carbons (Fsp3) is 0.786. The minimum absolute atomic E-state index is 0.435. The van der Waals surface area contributed by atoms with Crippen LogP contribution in [0, 0.1) is 0 Å². The first-order valence-corrected chi connectivity index (χ1v) is 8.20. The molecule has 0 radical (unpaired) electrons. The summed E-state index contributed by atoms with van der Waals surface area (Å²) in [7, 11) is 2.06. The van der Waals surface area contributed by atoms with Crippen LogP contribution < -0.4 is 5.32 Å². The summed E-state index contributed by atoms with van der Waals surface area (Å²) in [6.07, 6.45) is 8.74. The monoisotopic (exact) mass is 267 g/mol. The Bertz CT molecular complexity index is 345. The van der Waals surface area contributed by atoms with Gasteiger partial charge in [0.05, 0.1) is 11.7 Å². The summed E-state index contributed by atoms with van der Waals surface area (Å²) in [6.45, 7) is 3.22. The van der Waals surface area contributed by atoms with E-state index in [1.807, 2.05) is 6.20 Å². The SMILES string of the molecule is CCCn1nccc1C(CSC1CCCC1)NC. The lowest BCUT2D eigenvalue weighted by molar-refractivity contribution is 0.524. The third kappa shape index (κ3) is 3.51. The van der Waals surface area contributed by atoms with Gasteiger partial charge >= 0.3 is 0 Å². The number of hydrogen-bond donors (Lipinski definition) is 1. The third-order valence-electron chi connectivity index (χ3n) is 3.69. The number of nitrogens with one attached hydrogen (secondary N) is 1. The third-order valence-corrected chi connectivity index (χ3v) is 5.16. The topological polar surface area (TPSA) is 29.9 Å². The van der Waals surface area contributed by atoms with Crippen molar-refractivity contribution in [2.24, 2.45) is 0 Å². The zero-order valence-electron chi connectivity index (χ0n) is 11.6. The van der Waals surface area contributed by atoms with E-state index in [9.17, 15) is 0 Å². The molecule has 0 aromatic carbocycles. The zero-order valence-corrected chi connectivity index (χ0v) is 12.4. The second-order valence-electron chi connectivity index (χ2n) is 5.06. The molecule has 3 nitrogen and oxygen atoms in total. The van der Waals surface area contributed by atoms with Gasteiger partial charge in [0.1, 0.15) is 0 Å². The molecule has 0 amide bonds. The van der Waals surface area contributed by atoms with Crippen molar-refractivity contribution in [2.75, 3.05) is 12.8 Å². The molecule has 1 N–H and O–H groups in total. The van der Waals surface area contributed by atoms with E-state index in [2.05, 4.69) is 46.9 Å². The highest BCUT2D eigenvalue weighted by Crippen LogP contribution is 2.31. The van der Waals surface area contributed by atoms with Gasteiger partial charge in [-0.05, 0) is 32.4 Å². The Morgan fingerprint density at radius 1 is 1.50 bits per heavy atom. The Kier molecular flexibility index (Phi) is 5.57. The predicted molar refractivity (Wildman–Crippen MR) is 79.0 cm³/mol. The van der Waals surface area contributed by atoms with Crippen LogP contribution in [0.5, 0.6) is 0 Å². The molecule has 0 aliphatic heterocycles. The van der Waals surface area contributed by atoms with E-state index >= 15 is 0 Å². The van der Waals surface area contributed by atoms with Gasteiger partial charge in [0.15, 0.2) is 0 Å². The number of aryl methyl sites for hydroxylation is 1. The second-order valence-corrected chi connectivity index (χ2v) is 6.39. The molecule has 1 aliphatic rings. The molecule has 0 bridgehead atoms. The van der Waals surface area contributed by atoms with Crippen LogP contribution in [0.15, 0.2) is 12.3 Å². The van der Waals surface area contributed by atoms with Gasteiger partial charge in [-0.2, -0.15) is 16.9 Å². The summed E-state index contributed by atoms with van der Waals surface area (Å²) in [5, 5.41) is 8.76. The fourth-order valence-corrected chi connectivity index (χ4v) is 4.11. The van der Waals surface area contributed by atoms with Gasteiger partial charge in [-0.1, -0.05) is 19.8 Å². The molecule has 18 heavy (non-hydrogen) atoms. The number of nitrogens with zero attached hydrogens (tertiary/aromatic N) is 2. The van der Waals surface area contributed by atoms with E-state index in [0.29, 0.717) is 6.04 Å². The number of aromatic nitrogens is 2. The molecular formula is C14H25N3S. The molecule has 2 rings (SSSR count). The van der Waals surface area contributed by atoms with Crippen molar-refractivity contribution < 1.29 is 0 Å². The summed E-state index contributed by atoms with van der Waals surface area (Å²) in [5.41, 5.74) is 1.34. The van der Waals surface area contributed by atoms with Crippen LogP contribution in [0.25, 0.3) is 0 Å². The predicted octanol–water partition coefficient (Wildman–Crippen LogP) is 3.23. The molecule has 1 heterocycles. The molecule has 1 aromatic rings. The summed E-state index contributed by atoms with van der Waals surface area (Å²) < 4.78 is 2.15. The quantitative estimate of drug-likeness (QED) is 0.822. The first-order chi connectivity index (χ1) is 8.85. The van der Waals surface area contributed by atoms with E-state index in [4.69, 9.17) is 0 Å². The molecule has 102 valence electrons. The maximum absolute atomic E-state index is 4.42. The van der Waals surface area contributed by atoms with E-state index in [1.165, 1.54) is 31.4 Å². The molecule has 1 atom stereocenters. The van der Waals surface area contributed by atoms with Crippen LogP contribution in [0.3, 0.4) is 0 Å². The Balaban J connectivity index is 1.91. The average Bonchev–Trinajstić information content (AvgIpc) is 3.02. The Labute approximate surface area is 115 Å². The van der Waals surface area contributed by atoms with Crippen LogP contribution in [-0.2, 0) is 6.54 Å². The van der Waals surface area contributed by atoms with Crippen molar-refractivity contribution >= 4 is 11.8 Å². The summed E-state index contributed by atoms with van der Waals surface area (Å²) >= 11 is 2.14. The number of thioether (sulfide) groups is 1. The van der Waals surface area contributed by atoms with Crippen molar-refractivity contribution in [1.82, 2.24) is 15.1 Å². The summed E-state index contributed by atoms with van der Waals surface area (Å²) in [6, 6.07) is 2.59. The molecule has 4 heteroatoms. The van der Waals surface area contributed by atoms with Crippen LogP contribution in [0.1, 0.15) is 50.8 Å². The van der Waals surface area contributed by atoms with Gasteiger partial charge in [0, 0.05) is 23.7 Å². The van der Waals surface area contributed by atoms with E-state index in [1.54, 1.807) is 0 Å². The molecular weight excluding hydrogens is 242 g/mol. The van der Waals surface area contributed by atoms with E-state index in [0.717, 1.165) is 24.0 Å². The largest absolute Gasteiger partial charge is 0.311 e. The molecule has 1 aromatic heterocycles. The van der Waals surface area contributed by atoms with Gasteiger partial charge in [0.2, 0.25) is 0 Å². The van der Waals surface area contributed by atoms with Crippen LogP contribution in [0.2, 0.25) is 0 Å². The minimum Gasteiger partial charge on any atom is -0.311 e. The van der Waals surface area contributed by atoms with Gasteiger partial charge < -0.3 is 5.32 Å². The van der Waals surface area contributed by atoms with Crippen molar-refractivity contribution in [1.29, 1.82) is 0 Å².